The van der Waals surface area contributed by atoms with Crippen LogP contribution >= 0.6 is 11.3 Å². The number of nitro groups is 1. The summed E-state index contributed by atoms with van der Waals surface area (Å²) in [6.45, 7) is 6.51. The van der Waals surface area contributed by atoms with Crippen LogP contribution in [-0.2, 0) is 19.0 Å². The number of carbonyl (C=O) groups excluding carboxylic acids is 1. The highest BCUT2D eigenvalue weighted by Gasteiger charge is 2.36. The van der Waals surface area contributed by atoms with E-state index in [1.165, 1.54) is 35.6 Å². The zero-order valence-electron chi connectivity index (χ0n) is 21.7. The Balaban J connectivity index is 1.50. The maximum absolute atomic E-state index is 14.0. The zero-order valence-corrected chi connectivity index (χ0v) is 22.5. The third-order valence-corrected chi connectivity index (χ3v) is 8.32. The molecule has 0 fully saturated rings. The number of nitrogens with zero attached hydrogens (tertiary/aromatic N) is 5. The fourth-order valence-corrected chi connectivity index (χ4v) is 6.16. The van der Waals surface area contributed by atoms with Crippen molar-refractivity contribution >= 4 is 33.6 Å². The fourth-order valence-electron chi connectivity index (χ4n) is 4.89. The molecule has 0 saturated heterocycles. The third-order valence-electron chi connectivity index (χ3n) is 7.15. The maximum atomic E-state index is 14.0. The molecule has 4 aromatic rings. The lowest BCUT2D eigenvalue weighted by Gasteiger charge is -2.33. The second-order valence-electron chi connectivity index (χ2n) is 10.7. The van der Waals surface area contributed by atoms with Gasteiger partial charge in [-0.15, -0.1) is 11.3 Å². The van der Waals surface area contributed by atoms with E-state index in [0.29, 0.717) is 27.4 Å². The highest BCUT2D eigenvalue weighted by molar-refractivity contribution is 7.16. The normalized spacial score (nSPS) is 15.5. The summed E-state index contributed by atoms with van der Waals surface area (Å²) in [6, 6.07) is 9.01. The van der Waals surface area contributed by atoms with E-state index in [4.69, 9.17) is 0 Å². The summed E-state index contributed by atoms with van der Waals surface area (Å²) in [5.41, 5.74) is -0.409. The van der Waals surface area contributed by atoms with Crippen LogP contribution in [0.25, 0.3) is 16.9 Å². The molecule has 1 aliphatic rings. The molecule has 9 nitrogen and oxygen atoms in total. The monoisotopic (exact) mass is 568 g/mol. The van der Waals surface area contributed by atoms with E-state index < -0.39 is 22.7 Å². The Morgan fingerprint density at radius 3 is 2.52 bits per heavy atom. The van der Waals surface area contributed by atoms with Crippen molar-refractivity contribution in [2.45, 2.75) is 46.2 Å². The lowest BCUT2D eigenvalue weighted by molar-refractivity contribution is -0.384. The molecule has 3 heterocycles. The summed E-state index contributed by atoms with van der Waals surface area (Å²) >= 11 is 1.31. The van der Waals surface area contributed by atoms with Gasteiger partial charge in [0.15, 0.2) is 17.0 Å². The van der Waals surface area contributed by atoms with Crippen LogP contribution in [0.4, 0.5) is 23.9 Å². The number of thiophene rings is 1. The number of amides is 1. The first-order valence-corrected chi connectivity index (χ1v) is 13.2. The SMILES string of the molecule is CC(C)(C)C1CCc2c(sc(NC(=O)c3cc4nc(-c5ccc([N+](=O)[O-])cc5)cc(C(F)(F)F)n4n3)c2C#N)C1. The number of anilines is 1. The van der Waals surface area contributed by atoms with E-state index in [9.17, 15) is 33.3 Å². The molecule has 1 aromatic carbocycles. The van der Waals surface area contributed by atoms with Crippen molar-refractivity contribution in [1.29, 1.82) is 5.26 Å². The van der Waals surface area contributed by atoms with Gasteiger partial charge in [0, 0.05) is 28.6 Å². The molecular weight excluding hydrogens is 545 g/mol. The van der Waals surface area contributed by atoms with Gasteiger partial charge in [0.25, 0.3) is 11.6 Å². The molecule has 3 aromatic heterocycles. The van der Waals surface area contributed by atoms with Gasteiger partial charge in [-0.05, 0) is 54.4 Å². The summed E-state index contributed by atoms with van der Waals surface area (Å²) in [7, 11) is 0. The fraction of sp³-hybridized carbons (Fsp3) is 0.333. The van der Waals surface area contributed by atoms with E-state index in [-0.39, 0.29) is 33.7 Å². The van der Waals surface area contributed by atoms with Crippen LogP contribution in [0.15, 0.2) is 36.4 Å². The summed E-state index contributed by atoms with van der Waals surface area (Å²) in [5, 5.41) is 27.7. The van der Waals surface area contributed by atoms with E-state index in [2.05, 4.69) is 42.2 Å². The number of aromatic nitrogens is 3. The second kappa shape index (κ2) is 9.71. The average molecular weight is 569 g/mol. The Morgan fingerprint density at radius 1 is 1.23 bits per heavy atom. The van der Waals surface area contributed by atoms with Crippen molar-refractivity contribution in [3.05, 3.63) is 73.9 Å². The summed E-state index contributed by atoms with van der Waals surface area (Å²) < 4.78 is 42.5. The molecule has 0 saturated carbocycles. The van der Waals surface area contributed by atoms with Gasteiger partial charge in [-0.25, -0.2) is 9.50 Å². The molecule has 1 unspecified atom stereocenters. The van der Waals surface area contributed by atoms with Crippen molar-refractivity contribution in [3.63, 3.8) is 0 Å². The van der Waals surface area contributed by atoms with E-state index in [0.717, 1.165) is 35.4 Å². The van der Waals surface area contributed by atoms with E-state index in [1.54, 1.807) is 0 Å². The van der Waals surface area contributed by atoms with E-state index in [1.807, 2.05) is 0 Å². The highest BCUT2D eigenvalue weighted by Crippen LogP contribution is 2.44. The summed E-state index contributed by atoms with van der Waals surface area (Å²) in [5.74, 6) is -0.345. The molecule has 1 atom stereocenters. The topological polar surface area (TPSA) is 126 Å². The molecule has 0 aliphatic heterocycles. The number of hydrogen-bond acceptors (Lipinski definition) is 7. The Bertz CT molecular complexity index is 1690. The zero-order chi connectivity index (χ0) is 29.0. The molecule has 1 amide bonds. The van der Waals surface area contributed by atoms with Crippen LogP contribution in [0.3, 0.4) is 0 Å². The van der Waals surface area contributed by atoms with Gasteiger partial charge in [0.05, 0.1) is 16.2 Å². The lowest BCUT2D eigenvalue weighted by Crippen LogP contribution is -2.26. The van der Waals surface area contributed by atoms with Crippen LogP contribution < -0.4 is 5.32 Å². The number of non-ortho nitro benzene ring substituents is 1. The lowest BCUT2D eigenvalue weighted by atomic mass is 9.72. The van der Waals surface area contributed by atoms with Gasteiger partial charge < -0.3 is 5.32 Å². The predicted molar refractivity (Wildman–Crippen MR) is 142 cm³/mol. The number of alkyl halides is 3. The van der Waals surface area contributed by atoms with Crippen molar-refractivity contribution in [3.8, 4) is 17.3 Å². The minimum atomic E-state index is -4.83. The maximum Gasteiger partial charge on any atom is 0.433 e. The van der Waals surface area contributed by atoms with Crippen molar-refractivity contribution in [1.82, 2.24) is 14.6 Å². The van der Waals surface area contributed by atoms with Crippen LogP contribution in [0.5, 0.6) is 0 Å². The molecule has 0 radical (unpaired) electrons. The van der Waals surface area contributed by atoms with Gasteiger partial charge in [-0.2, -0.15) is 23.5 Å². The first kappa shape index (κ1) is 27.3. The number of halogens is 3. The van der Waals surface area contributed by atoms with Crippen LogP contribution in [0, 0.1) is 32.8 Å². The Kier molecular flexibility index (Phi) is 6.62. The van der Waals surface area contributed by atoms with E-state index >= 15 is 0 Å². The molecule has 5 rings (SSSR count). The van der Waals surface area contributed by atoms with Crippen LogP contribution in [0.2, 0.25) is 0 Å². The highest BCUT2D eigenvalue weighted by atomic mass is 32.1. The second-order valence-corrected chi connectivity index (χ2v) is 11.8. The number of nitrogens with one attached hydrogen (secondary N) is 1. The molecule has 1 N–H and O–H groups in total. The van der Waals surface area contributed by atoms with Gasteiger partial charge in [0.1, 0.15) is 11.1 Å². The van der Waals surface area contributed by atoms with Gasteiger partial charge in [0.2, 0.25) is 0 Å². The number of rotatable bonds is 4. The number of nitro benzene ring substituents is 1. The molecule has 13 heteroatoms. The molecule has 0 spiro atoms. The minimum Gasteiger partial charge on any atom is -0.311 e. The number of hydrogen-bond donors (Lipinski definition) is 1. The Morgan fingerprint density at radius 2 is 1.93 bits per heavy atom. The Labute approximate surface area is 230 Å². The smallest absolute Gasteiger partial charge is 0.311 e. The molecule has 206 valence electrons. The number of fused-ring (bicyclic) bond motifs is 2. The van der Waals surface area contributed by atoms with Crippen molar-refractivity contribution < 1.29 is 22.9 Å². The number of benzene rings is 1. The predicted octanol–water partition coefficient (Wildman–Crippen LogP) is 6.66. The summed E-state index contributed by atoms with van der Waals surface area (Å²) in [4.78, 5) is 28.7. The molecule has 1 aliphatic carbocycles. The van der Waals surface area contributed by atoms with Gasteiger partial charge in [-0.1, -0.05) is 20.8 Å². The first-order chi connectivity index (χ1) is 18.8. The van der Waals surface area contributed by atoms with Gasteiger partial charge in [-0.3, -0.25) is 14.9 Å². The molecule has 0 bridgehead atoms. The largest absolute Gasteiger partial charge is 0.433 e. The quantitative estimate of drug-likeness (QED) is 0.217. The third kappa shape index (κ3) is 5.02. The van der Waals surface area contributed by atoms with Gasteiger partial charge >= 0.3 is 6.18 Å². The first-order valence-electron chi connectivity index (χ1n) is 12.3. The Hall–Kier alpha value is -4.31. The molecule has 40 heavy (non-hydrogen) atoms. The number of nitriles is 1. The van der Waals surface area contributed by atoms with Crippen molar-refractivity contribution in [2.24, 2.45) is 11.3 Å². The summed E-state index contributed by atoms with van der Waals surface area (Å²) in [6.07, 6.45) is -2.41. The minimum absolute atomic E-state index is 0.0882. The van der Waals surface area contributed by atoms with Crippen molar-refractivity contribution in [2.75, 3.05) is 5.32 Å². The van der Waals surface area contributed by atoms with Crippen LogP contribution in [-0.4, -0.2) is 25.4 Å². The average Bonchev–Trinajstić information content (AvgIpc) is 3.47. The number of carbonyl (C=O) groups is 1. The molecular formula is C27H23F3N6O3S. The standard InChI is InChI=1S/C27H23F3N6O3S/c1-26(2,3)15-6-9-17-18(13-31)25(40-21(17)10-15)33-24(37)20-12-23-32-19(11-22(27(28,29)30)35(23)34-20)14-4-7-16(8-5-14)36(38)39/h4-5,7-8,11-12,15H,6,9-10H2,1-3H3,(H,33,37). The van der Waals surface area contributed by atoms with Crippen LogP contribution in [0.1, 0.15) is 59.4 Å².